The Kier molecular flexibility index (Phi) is 5.39. The van der Waals surface area contributed by atoms with Gasteiger partial charge in [-0.2, -0.15) is 4.98 Å². The van der Waals surface area contributed by atoms with Gasteiger partial charge >= 0.3 is 11.8 Å². The topological polar surface area (TPSA) is 102 Å². The monoisotopic (exact) mass is 383 g/mol. The molecule has 1 aromatic carbocycles. The van der Waals surface area contributed by atoms with Crippen LogP contribution in [0.15, 0.2) is 33.7 Å². The Morgan fingerprint density at radius 2 is 1.92 bits per heavy atom. The zero-order valence-corrected chi connectivity index (χ0v) is 15.0. The maximum Gasteiger partial charge on any atom is 0.315 e. The van der Waals surface area contributed by atoms with Crippen LogP contribution in [0.3, 0.4) is 0 Å². The number of carbonyl (C=O) groups is 1. The number of carbonyl (C=O) groups excluding carboxylic acids is 1. The number of hydrogen-bond donors (Lipinski definition) is 1. The van der Waals surface area contributed by atoms with Crippen molar-refractivity contribution in [3.05, 3.63) is 41.0 Å². The lowest BCUT2D eigenvalue weighted by Crippen LogP contribution is -2.32. The summed E-state index contributed by atoms with van der Waals surface area (Å²) in [5.41, 5.74) is 0. The van der Waals surface area contributed by atoms with Crippen LogP contribution >= 0.6 is 11.6 Å². The Morgan fingerprint density at radius 1 is 1.24 bits per heavy atom. The lowest BCUT2D eigenvalue weighted by atomic mass is 10.2. The molecule has 0 aliphatic heterocycles. The second kappa shape index (κ2) is 7.53. The van der Waals surface area contributed by atoms with Gasteiger partial charge < -0.3 is 9.84 Å². The first kappa shape index (κ1) is 17.9. The van der Waals surface area contributed by atoms with E-state index in [1.165, 1.54) is 24.3 Å². The van der Waals surface area contributed by atoms with Gasteiger partial charge in [0.1, 0.15) is 0 Å². The van der Waals surface area contributed by atoms with Crippen LogP contribution < -0.4 is 5.32 Å². The summed E-state index contributed by atoms with van der Waals surface area (Å²) in [6, 6.07) is 6.10. The number of nitrogens with one attached hydrogen (secondary N) is 1. The molecule has 1 aliphatic carbocycles. The van der Waals surface area contributed by atoms with Crippen molar-refractivity contribution < 1.29 is 17.7 Å². The third-order valence-electron chi connectivity index (χ3n) is 4.12. The van der Waals surface area contributed by atoms with Gasteiger partial charge in [-0.25, -0.2) is 8.42 Å². The summed E-state index contributed by atoms with van der Waals surface area (Å²) in [6.07, 6.45) is 4.16. The standard InChI is InChI=1S/C16H18ClN3O4S/c17-11-5-7-13(8-6-11)25(22,23)10-9-14-19-16(24-20-14)15(21)18-12-3-1-2-4-12/h5-8,12H,1-4,9-10H2,(H,18,21). The third-order valence-corrected chi connectivity index (χ3v) is 6.10. The van der Waals surface area contributed by atoms with E-state index in [9.17, 15) is 13.2 Å². The summed E-state index contributed by atoms with van der Waals surface area (Å²) in [6.45, 7) is 0. The minimum Gasteiger partial charge on any atom is -0.345 e. The maximum atomic E-state index is 12.3. The number of aryl methyl sites for hydroxylation is 1. The summed E-state index contributed by atoms with van der Waals surface area (Å²) < 4.78 is 29.5. The number of amides is 1. The predicted molar refractivity (Wildman–Crippen MR) is 91.2 cm³/mol. The quantitative estimate of drug-likeness (QED) is 0.821. The molecule has 25 heavy (non-hydrogen) atoms. The molecule has 1 aliphatic rings. The summed E-state index contributed by atoms with van der Waals surface area (Å²) in [4.78, 5) is 16.2. The molecule has 134 valence electrons. The molecule has 1 fully saturated rings. The van der Waals surface area contributed by atoms with Gasteiger partial charge in [-0.05, 0) is 37.1 Å². The zero-order valence-electron chi connectivity index (χ0n) is 13.4. The fraction of sp³-hybridized carbons (Fsp3) is 0.438. The minimum atomic E-state index is -3.49. The molecule has 0 spiro atoms. The summed E-state index contributed by atoms with van der Waals surface area (Å²) in [7, 11) is -3.49. The summed E-state index contributed by atoms with van der Waals surface area (Å²) in [5, 5.41) is 7.00. The molecule has 0 atom stereocenters. The van der Waals surface area contributed by atoms with E-state index in [0.717, 1.165) is 25.7 Å². The van der Waals surface area contributed by atoms with Crippen molar-refractivity contribution in [1.29, 1.82) is 0 Å². The number of hydrogen-bond acceptors (Lipinski definition) is 6. The molecule has 3 rings (SSSR count). The SMILES string of the molecule is O=C(NC1CCCC1)c1nc(CCS(=O)(=O)c2ccc(Cl)cc2)no1. The first-order chi connectivity index (χ1) is 11.9. The highest BCUT2D eigenvalue weighted by Gasteiger charge is 2.22. The van der Waals surface area contributed by atoms with Gasteiger partial charge in [-0.1, -0.05) is 29.6 Å². The maximum absolute atomic E-state index is 12.3. The Hall–Kier alpha value is -1.93. The normalized spacial score (nSPS) is 15.4. The van der Waals surface area contributed by atoms with Crippen LogP contribution in [0, 0.1) is 0 Å². The molecule has 1 heterocycles. The predicted octanol–water partition coefficient (Wildman–Crippen LogP) is 2.41. The van der Waals surface area contributed by atoms with Crippen molar-refractivity contribution in [2.75, 3.05) is 5.75 Å². The van der Waals surface area contributed by atoms with Crippen molar-refractivity contribution in [3.63, 3.8) is 0 Å². The van der Waals surface area contributed by atoms with E-state index in [0.29, 0.717) is 5.02 Å². The van der Waals surface area contributed by atoms with Crippen LogP contribution in [0.2, 0.25) is 5.02 Å². The summed E-state index contributed by atoms with van der Waals surface area (Å²) in [5.74, 6) is -0.538. The molecule has 2 aromatic rings. The molecule has 1 N–H and O–H groups in total. The van der Waals surface area contributed by atoms with Crippen molar-refractivity contribution in [2.24, 2.45) is 0 Å². The Labute approximate surface area is 150 Å². The van der Waals surface area contributed by atoms with E-state index < -0.39 is 15.7 Å². The highest BCUT2D eigenvalue weighted by molar-refractivity contribution is 7.91. The van der Waals surface area contributed by atoms with Gasteiger partial charge in [0, 0.05) is 17.5 Å². The van der Waals surface area contributed by atoms with E-state index in [4.69, 9.17) is 16.1 Å². The highest BCUT2D eigenvalue weighted by atomic mass is 35.5. The summed E-state index contributed by atoms with van der Waals surface area (Å²) >= 11 is 5.76. The number of sulfone groups is 1. The van der Waals surface area contributed by atoms with Gasteiger partial charge in [0.2, 0.25) is 0 Å². The van der Waals surface area contributed by atoms with E-state index in [-0.39, 0.29) is 34.8 Å². The molecule has 1 amide bonds. The highest BCUT2D eigenvalue weighted by Crippen LogP contribution is 2.18. The van der Waals surface area contributed by atoms with Crippen molar-refractivity contribution in [3.8, 4) is 0 Å². The van der Waals surface area contributed by atoms with Crippen LogP contribution in [-0.2, 0) is 16.3 Å². The smallest absolute Gasteiger partial charge is 0.315 e. The van der Waals surface area contributed by atoms with Gasteiger partial charge in [0.05, 0.1) is 10.6 Å². The third kappa shape index (κ3) is 4.58. The average Bonchev–Trinajstić information content (AvgIpc) is 3.25. The van der Waals surface area contributed by atoms with Gasteiger partial charge in [0.15, 0.2) is 15.7 Å². The second-order valence-corrected chi connectivity index (χ2v) is 8.54. The van der Waals surface area contributed by atoms with Crippen LogP contribution in [-0.4, -0.2) is 36.3 Å². The molecular formula is C16H18ClN3O4S. The number of halogens is 1. The first-order valence-corrected chi connectivity index (χ1v) is 10.1. The second-order valence-electron chi connectivity index (χ2n) is 5.99. The van der Waals surface area contributed by atoms with Crippen molar-refractivity contribution in [2.45, 2.75) is 43.0 Å². The van der Waals surface area contributed by atoms with Crippen molar-refractivity contribution >= 4 is 27.3 Å². The van der Waals surface area contributed by atoms with E-state index in [1.807, 2.05) is 0 Å². The molecule has 0 unspecified atom stereocenters. The molecule has 0 bridgehead atoms. The fourth-order valence-electron chi connectivity index (χ4n) is 2.75. The van der Waals surface area contributed by atoms with Crippen LogP contribution in [0.25, 0.3) is 0 Å². The van der Waals surface area contributed by atoms with Gasteiger partial charge in [-0.15, -0.1) is 0 Å². The minimum absolute atomic E-state index is 0.0607. The molecule has 9 heteroatoms. The average molecular weight is 384 g/mol. The lowest BCUT2D eigenvalue weighted by Gasteiger charge is -2.08. The largest absolute Gasteiger partial charge is 0.345 e. The molecular weight excluding hydrogens is 366 g/mol. The number of nitrogens with zero attached hydrogens (tertiary/aromatic N) is 2. The number of benzene rings is 1. The van der Waals surface area contributed by atoms with E-state index in [2.05, 4.69) is 15.5 Å². The molecule has 1 saturated carbocycles. The Balaban J connectivity index is 1.59. The van der Waals surface area contributed by atoms with E-state index in [1.54, 1.807) is 0 Å². The zero-order chi connectivity index (χ0) is 17.9. The Morgan fingerprint density at radius 3 is 2.60 bits per heavy atom. The fourth-order valence-corrected chi connectivity index (χ4v) is 4.11. The molecule has 0 radical (unpaired) electrons. The lowest BCUT2D eigenvalue weighted by molar-refractivity contribution is 0.0893. The van der Waals surface area contributed by atoms with E-state index >= 15 is 0 Å². The van der Waals surface area contributed by atoms with Crippen LogP contribution in [0.5, 0.6) is 0 Å². The van der Waals surface area contributed by atoms with Gasteiger partial charge in [-0.3, -0.25) is 4.79 Å². The first-order valence-electron chi connectivity index (χ1n) is 8.06. The van der Waals surface area contributed by atoms with Gasteiger partial charge in [0.25, 0.3) is 0 Å². The molecule has 0 saturated heterocycles. The number of aromatic nitrogens is 2. The van der Waals surface area contributed by atoms with Crippen LogP contribution in [0.4, 0.5) is 0 Å². The molecule has 7 nitrogen and oxygen atoms in total. The molecule has 1 aromatic heterocycles. The van der Waals surface area contributed by atoms with Crippen molar-refractivity contribution in [1.82, 2.24) is 15.5 Å². The number of rotatable bonds is 6. The Bertz CT molecular complexity index is 843. The van der Waals surface area contributed by atoms with Crippen LogP contribution in [0.1, 0.15) is 42.2 Å².